The second kappa shape index (κ2) is 13.7. The van der Waals surface area contributed by atoms with Crippen molar-refractivity contribution in [3.63, 3.8) is 0 Å². The molecule has 1 saturated heterocycles. The third-order valence-corrected chi connectivity index (χ3v) is 5.25. The van der Waals surface area contributed by atoms with Crippen molar-refractivity contribution >= 4 is 41.4 Å². The van der Waals surface area contributed by atoms with E-state index in [1.807, 2.05) is 11.8 Å². The lowest BCUT2D eigenvalue weighted by molar-refractivity contribution is -0.159. The number of rotatable bonds is 11. The van der Waals surface area contributed by atoms with Crippen LogP contribution in [-0.4, -0.2) is 86.0 Å². The molecule has 0 aromatic heterocycles. The van der Waals surface area contributed by atoms with Crippen molar-refractivity contribution in [2.45, 2.75) is 32.7 Å². The maximum Gasteiger partial charge on any atom is 0.407 e. The summed E-state index contributed by atoms with van der Waals surface area (Å²) >= 11 is 0. The second-order valence-electron chi connectivity index (χ2n) is 8.10. The number of nitrogens with one attached hydrogen (secondary N) is 3. The number of alkyl carbamates (subject to hydrolysis) is 1. The highest BCUT2D eigenvalue weighted by Gasteiger charge is 2.28. The molecule has 0 bridgehead atoms. The molecule has 13 heteroatoms. The number of nitrogen functional groups attached to an aromatic ring is 1. The van der Waals surface area contributed by atoms with Gasteiger partial charge >= 0.3 is 18.0 Å². The molecule has 0 aliphatic carbocycles. The molecule has 1 aliphatic heterocycles. The summed E-state index contributed by atoms with van der Waals surface area (Å²) < 4.78 is 9.47. The topological polar surface area (TPSA) is 184 Å². The first kappa shape index (κ1) is 28.1. The quantitative estimate of drug-likeness (QED) is 0.103. The summed E-state index contributed by atoms with van der Waals surface area (Å²) in [6.45, 7) is 3.34. The summed E-state index contributed by atoms with van der Waals surface area (Å²) in [4.78, 5) is 63.5. The van der Waals surface area contributed by atoms with Gasteiger partial charge in [0.2, 0.25) is 11.8 Å². The summed E-state index contributed by atoms with van der Waals surface area (Å²) in [5.74, 6) is -2.77. The molecule has 1 heterocycles. The highest BCUT2D eigenvalue weighted by atomic mass is 16.6. The number of hydrogen-bond donors (Lipinski definition) is 4. The van der Waals surface area contributed by atoms with E-state index in [1.165, 1.54) is 4.90 Å². The molecule has 0 unspecified atom stereocenters. The van der Waals surface area contributed by atoms with Gasteiger partial charge in [0.25, 0.3) is 0 Å². The third kappa shape index (κ3) is 8.89. The molecule has 13 nitrogen and oxygen atoms in total. The molecule has 0 saturated carbocycles. The molecule has 1 fully saturated rings. The van der Waals surface area contributed by atoms with Crippen molar-refractivity contribution in [3.05, 3.63) is 29.8 Å². The Morgan fingerprint density at radius 3 is 2.44 bits per heavy atom. The van der Waals surface area contributed by atoms with Crippen molar-refractivity contribution in [3.8, 4) is 0 Å². The fraction of sp³-hybridized carbons (Fsp3) is 0.478. The predicted octanol–water partition coefficient (Wildman–Crippen LogP) is -0.280. The Kier molecular flexibility index (Phi) is 10.7. The summed E-state index contributed by atoms with van der Waals surface area (Å²) in [7, 11) is 0. The van der Waals surface area contributed by atoms with Gasteiger partial charge in [0, 0.05) is 37.8 Å². The van der Waals surface area contributed by atoms with Gasteiger partial charge in [-0.3, -0.25) is 19.8 Å². The minimum Gasteiger partial charge on any atom is -0.450 e. The van der Waals surface area contributed by atoms with Crippen LogP contribution in [0, 0.1) is 5.41 Å². The van der Waals surface area contributed by atoms with Crippen molar-refractivity contribution in [1.29, 1.82) is 5.41 Å². The summed E-state index contributed by atoms with van der Waals surface area (Å²) in [6, 6.07) is 5.59. The Morgan fingerprint density at radius 1 is 1.17 bits per heavy atom. The highest BCUT2D eigenvalue weighted by molar-refractivity contribution is 5.95. The molecular formula is C23H32N6O7. The zero-order valence-electron chi connectivity index (χ0n) is 20.4. The van der Waals surface area contributed by atoms with Gasteiger partial charge in [-0.05, 0) is 30.7 Å². The van der Waals surface area contributed by atoms with Crippen molar-refractivity contribution < 1.29 is 33.4 Å². The van der Waals surface area contributed by atoms with Crippen LogP contribution in [0.3, 0.4) is 0 Å². The van der Waals surface area contributed by atoms with Gasteiger partial charge in [0.15, 0.2) is 0 Å². The van der Waals surface area contributed by atoms with E-state index in [2.05, 4.69) is 15.4 Å². The molecule has 1 aromatic carbocycles. The Bertz CT molecular complexity index is 982. The number of ether oxygens (including phenoxy) is 2. The molecule has 2 rings (SSSR count). The van der Waals surface area contributed by atoms with Crippen LogP contribution in [0.5, 0.6) is 0 Å². The molecule has 36 heavy (non-hydrogen) atoms. The number of nitrogens with two attached hydrogens (primary N) is 1. The van der Waals surface area contributed by atoms with Gasteiger partial charge in [-0.1, -0.05) is 13.3 Å². The number of nitrogens with zero attached hydrogens (tertiary/aromatic N) is 2. The Balaban J connectivity index is 1.87. The van der Waals surface area contributed by atoms with E-state index in [-0.39, 0.29) is 38.0 Å². The summed E-state index contributed by atoms with van der Waals surface area (Å²) in [6.07, 6.45) is 0.557. The zero-order chi connectivity index (χ0) is 26.7. The maximum atomic E-state index is 12.6. The minimum absolute atomic E-state index is 0.0474. The molecule has 0 spiro atoms. The SMILES string of the molecule is CCCCOC(=O)N[C@@H](CNC(=O)CN1CCN(c2ccc(C(=N)N)cc2)CC1=O)C(=O)OC(C)=O. The lowest BCUT2D eigenvalue weighted by atomic mass is 10.1. The van der Waals surface area contributed by atoms with E-state index < -0.39 is 30.0 Å². The number of anilines is 1. The van der Waals surface area contributed by atoms with Crippen LogP contribution in [-0.2, 0) is 28.7 Å². The predicted molar refractivity (Wildman–Crippen MR) is 129 cm³/mol. The van der Waals surface area contributed by atoms with Crippen LogP contribution >= 0.6 is 0 Å². The first-order chi connectivity index (χ1) is 17.1. The third-order valence-electron chi connectivity index (χ3n) is 5.25. The van der Waals surface area contributed by atoms with E-state index in [1.54, 1.807) is 24.3 Å². The van der Waals surface area contributed by atoms with Crippen LogP contribution in [0.15, 0.2) is 24.3 Å². The number of amidine groups is 1. The average Bonchev–Trinajstić information content (AvgIpc) is 2.82. The monoisotopic (exact) mass is 504 g/mol. The standard InChI is InChI=1S/C23H32N6O7/c1-3-4-11-35-23(34)27-18(22(33)36-15(2)30)12-26-19(31)13-29-10-9-28(14-20(29)32)17-7-5-16(6-8-17)21(24)25/h5-8,18H,3-4,9-14H2,1-2H3,(H3,24,25)(H,26,31)(H,27,34)/t18-/m0/s1. The van der Waals surface area contributed by atoms with Crippen LogP contribution in [0.1, 0.15) is 32.3 Å². The minimum atomic E-state index is -1.35. The van der Waals surface area contributed by atoms with Gasteiger partial charge in [0.05, 0.1) is 19.7 Å². The molecule has 196 valence electrons. The zero-order valence-corrected chi connectivity index (χ0v) is 20.4. The normalized spacial score (nSPS) is 14.0. The fourth-order valence-corrected chi connectivity index (χ4v) is 3.29. The van der Waals surface area contributed by atoms with Gasteiger partial charge in [-0.2, -0.15) is 0 Å². The molecule has 5 N–H and O–H groups in total. The smallest absolute Gasteiger partial charge is 0.407 e. The lowest BCUT2D eigenvalue weighted by Crippen LogP contribution is -2.54. The van der Waals surface area contributed by atoms with Crippen LogP contribution in [0.4, 0.5) is 10.5 Å². The number of carbonyl (C=O) groups excluding carboxylic acids is 5. The number of amides is 3. The van der Waals surface area contributed by atoms with Crippen LogP contribution < -0.4 is 21.3 Å². The number of carbonyl (C=O) groups is 5. The number of benzene rings is 1. The number of unbranched alkanes of at least 4 members (excludes halogenated alkanes) is 1. The highest BCUT2D eigenvalue weighted by Crippen LogP contribution is 2.17. The van der Waals surface area contributed by atoms with Crippen molar-refractivity contribution in [2.24, 2.45) is 5.73 Å². The number of hydrogen-bond acceptors (Lipinski definition) is 9. The molecule has 1 aliphatic rings. The Morgan fingerprint density at radius 2 is 1.86 bits per heavy atom. The largest absolute Gasteiger partial charge is 0.450 e. The molecular weight excluding hydrogens is 472 g/mol. The van der Waals surface area contributed by atoms with E-state index in [9.17, 15) is 24.0 Å². The number of esters is 2. The second-order valence-corrected chi connectivity index (χ2v) is 8.10. The van der Waals surface area contributed by atoms with E-state index in [0.717, 1.165) is 19.0 Å². The lowest BCUT2D eigenvalue weighted by Gasteiger charge is -2.35. The van der Waals surface area contributed by atoms with Crippen molar-refractivity contribution in [1.82, 2.24) is 15.5 Å². The van der Waals surface area contributed by atoms with Gasteiger partial charge in [-0.15, -0.1) is 0 Å². The average molecular weight is 505 g/mol. The Hall–Kier alpha value is -4.16. The van der Waals surface area contributed by atoms with E-state index in [0.29, 0.717) is 25.1 Å². The molecule has 1 atom stereocenters. The van der Waals surface area contributed by atoms with Crippen LogP contribution in [0.25, 0.3) is 0 Å². The maximum absolute atomic E-state index is 12.6. The van der Waals surface area contributed by atoms with E-state index >= 15 is 0 Å². The Labute approximate surface area is 208 Å². The number of piperazine rings is 1. The van der Waals surface area contributed by atoms with Gasteiger partial charge in [0.1, 0.15) is 11.9 Å². The van der Waals surface area contributed by atoms with Gasteiger partial charge in [-0.25, -0.2) is 9.59 Å². The first-order valence-corrected chi connectivity index (χ1v) is 11.5. The molecule has 1 aromatic rings. The summed E-state index contributed by atoms with van der Waals surface area (Å²) in [5, 5.41) is 12.2. The van der Waals surface area contributed by atoms with Crippen molar-refractivity contribution in [2.75, 3.05) is 44.2 Å². The molecule has 0 radical (unpaired) electrons. The van der Waals surface area contributed by atoms with Crippen LogP contribution in [0.2, 0.25) is 0 Å². The van der Waals surface area contributed by atoms with E-state index in [4.69, 9.17) is 15.9 Å². The fourth-order valence-electron chi connectivity index (χ4n) is 3.29. The molecule has 3 amide bonds. The summed E-state index contributed by atoms with van der Waals surface area (Å²) in [5.41, 5.74) is 6.83. The van der Waals surface area contributed by atoms with Gasteiger partial charge < -0.3 is 35.6 Å². The first-order valence-electron chi connectivity index (χ1n) is 11.5.